The molecule has 2 aliphatic heterocycles. The monoisotopic (exact) mass is 281 g/mol. The number of halogens is 1. The zero-order valence-electron chi connectivity index (χ0n) is 10.1. The first-order valence-corrected chi connectivity index (χ1v) is 7.80. The molecule has 0 aliphatic carbocycles. The van der Waals surface area contributed by atoms with Crippen LogP contribution in [0.3, 0.4) is 0 Å². The number of amides is 1. The van der Waals surface area contributed by atoms with E-state index in [4.69, 9.17) is 11.6 Å². The van der Waals surface area contributed by atoms with Gasteiger partial charge in [-0.15, -0.1) is 0 Å². The third-order valence-electron chi connectivity index (χ3n) is 3.74. The summed E-state index contributed by atoms with van der Waals surface area (Å²) in [5, 5.41) is 1.45. The second-order valence-corrected chi connectivity index (χ2v) is 6.79. The van der Waals surface area contributed by atoms with Gasteiger partial charge in [-0.1, -0.05) is 23.7 Å². The van der Waals surface area contributed by atoms with Crippen LogP contribution in [-0.4, -0.2) is 34.4 Å². The molecule has 96 valence electrons. The number of rotatable bonds is 3. The fourth-order valence-corrected chi connectivity index (χ4v) is 4.44. The van der Waals surface area contributed by atoms with Gasteiger partial charge < -0.3 is 4.90 Å². The first-order valence-electron chi connectivity index (χ1n) is 6.38. The van der Waals surface area contributed by atoms with E-state index < -0.39 is 0 Å². The van der Waals surface area contributed by atoms with Gasteiger partial charge in [-0.25, -0.2) is 0 Å². The lowest BCUT2D eigenvalue weighted by molar-refractivity contribution is -0.131. The van der Waals surface area contributed by atoms with Gasteiger partial charge in [0.2, 0.25) is 5.91 Å². The Morgan fingerprint density at radius 2 is 2.39 bits per heavy atom. The van der Waals surface area contributed by atoms with Gasteiger partial charge in [-0.3, -0.25) is 4.79 Å². The molecule has 4 heteroatoms. The summed E-state index contributed by atoms with van der Waals surface area (Å²) in [5.41, 5.74) is 1.15. The molecule has 0 N–H and O–H groups in total. The number of benzene rings is 1. The summed E-state index contributed by atoms with van der Waals surface area (Å²) in [4.78, 5) is 14.3. The molecule has 2 heterocycles. The Hall–Kier alpha value is -0.670. The molecule has 0 aromatic heterocycles. The molecule has 1 amide bonds. The Morgan fingerprint density at radius 3 is 3.06 bits per heavy atom. The van der Waals surface area contributed by atoms with E-state index in [0.29, 0.717) is 23.6 Å². The molecule has 18 heavy (non-hydrogen) atoms. The SMILES string of the molecule is O=C(CCc1cccc(Cl)c1)N1C[C@H]2C[C@H]1CS2. The fraction of sp³-hybridized carbons (Fsp3) is 0.500. The van der Waals surface area contributed by atoms with Gasteiger partial charge in [0.1, 0.15) is 0 Å². The van der Waals surface area contributed by atoms with Crippen molar-refractivity contribution in [2.24, 2.45) is 0 Å². The van der Waals surface area contributed by atoms with Crippen LogP contribution < -0.4 is 0 Å². The third-order valence-corrected chi connectivity index (χ3v) is 5.36. The lowest BCUT2D eigenvalue weighted by Gasteiger charge is -2.26. The fourth-order valence-electron chi connectivity index (χ4n) is 2.79. The van der Waals surface area contributed by atoms with E-state index >= 15 is 0 Å². The van der Waals surface area contributed by atoms with E-state index in [-0.39, 0.29) is 0 Å². The van der Waals surface area contributed by atoms with E-state index in [1.807, 2.05) is 36.0 Å². The van der Waals surface area contributed by atoms with Crippen LogP contribution in [0.4, 0.5) is 0 Å². The van der Waals surface area contributed by atoms with Crippen LogP contribution in [0.25, 0.3) is 0 Å². The molecular weight excluding hydrogens is 266 g/mol. The first-order chi connectivity index (χ1) is 8.72. The summed E-state index contributed by atoms with van der Waals surface area (Å²) in [6.07, 6.45) is 2.60. The van der Waals surface area contributed by atoms with Crippen molar-refractivity contribution in [2.45, 2.75) is 30.6 Å². The molecule has 2 fully saturated rings. The minimum absolute atomic E-state index is 0.308. The number of fused-ring (bicyclic) bond motifs is 2. The predicted molar refractivity (Wildman–Crippen MR) is 76.1 cm³/mol. The number of thioether (sulfide) groups is 1. The molecular formula is C14H16ClNOS. The van der Waals surface area contributed by atoms with Gasteiger partial charge in [0, 0.05) is 35.0 Å². The highest BCUT2D eigenvalue weighted by atomic mass is 35.5. The Kier molecular flexibility index (Phi) is 3.53. The maximum absolute atomic E-state index is 12.2. The van der Waals surface area contributed by atoms with Crippen LogP contribution in [0.5, 0.6) is 0 Å². The van der Waals surface area contributed by atoms with Crippen LogP contribution >= 0.6 is 23.4 Å². The normalized spacial score (nSPS) is 25.7. The standard InChI is InChI=1S/C14H16ClNOS/c15-11-3-1-2-10(6-11)4-5-14(17)16-8-13-7-12(16)9-18-13/h1-3,6,12-13H,4-5,7-9H2/t12-,13+/m0/s1. The van der Waals surface area contributed by atoms with Crippen LogP contribution in [0.1, 0.15) is 18.4 Å². The minimum Gasteiger partial charge on any atom is -0.338 e. The lowest BCUT2D eigenvalue weighted by Crippen LogP contribution is -2.39. The van der Waals surface area contributed by atoms with Gasteiger partial charge in [0.15, 0.2) is 0 Å². The molecule has 0 unspecified atom stereocenters. The smallest absolute Gasteiger partial charge is 0.223 e. The van der Waals surface area contributed by atoms with Gasteiger partial charge in [-0.05, 0) is 30.5 Å². The van der Waals surface area contributed by atoms with Crippen LogP contribution in [0, 0.1) is 0 Å². The van der Waals surface area contributed by atoms with Crippen molar-refractivity contribution in [2.75, 3.05) is 12.3 Å². The van der Waals surface area contributed by atoms with Crippen LogP contribution in [0.2, 0.25) is 5.02 Å². The van der Waals surface area contributed by atoms with E-state index in [1.54, 1.807) is 0 Å². The molecule has 0 radical (unpaired) electrons. The summed E-state index contributed by atoms with van der Waals surface area (Å²) < 4.78 is 0. The summed E-state index contributed by atoms with van der Waals surface area (Å²) in [7, 11) is 0. The maximum atomic E-state index is 12.2. The van der Waals surface area contributed by atoms with Crippen molar-refractivity contribution in [3.63, 3.8) is 0 Å². The average Bonchev–Trinajstić information content (AvgIpc) is 2.98. The number of hydrogen-bond acceptors (Lipinski definition) is 2. The second-order valence-electron chi connectivity index (χ2n) is 5.02. The molecule has 0 spiro atoms. The summed E-state index contributed by atoms with van der Waals surface area (Å²) >= 11 is 7.96. The molecule has 2 atom stereocenters. The number of carbonyl (C=O) groups excluding carboxylic acids is 1. The van der Waals surface area contributed by atoms with Crippen molar-refractivity contribution in [1.29, 1.82) is 0 Å². The molecule has 1 aromatic carbocycles. The Labute approximate surface area is 117 Å². The number of nitrogens with zero attached hydrogens (tertiary/aromatic N) is 1. The average molecular weight is 282 g/mol. The zero-order chi connectivity index (χ0) is 12.5. The second kappa shape index (κ2) is 5.14. The Balaban J connectivity index is 1.56. The zero-order valence-corrected chi connectivity index (χ0v) is 11.7. The number of likely N-dealkylation sites (tertiary alicyclic amines) is 1. The van der Waals surface area contributed by atoms with Crippen molar-refractivity contribution in [1.82, 2.24) is 4.90 Å². The third kappa shape index (κ3) is 2.52. The van der Waals surface area contributed by atoms with Crippen LogP contribution in [0.15, 0.2) is 24.3 Å². The maximum Gasteiger partial charge on any atom is 0.223 e. The number of aryl methyl sites for hydroxylation is 1. The van der Waals surface area contributed by atoms with E-state index in [9.17, 15) is 4.79 Å². The van der Waals surface area contributed by atoms with Crippen LogP contribution in [-0.2, 0) is 11.2 Å². The quantitative estimate of drug-likeness (QED) is 0.849. The van der Waals surface area contributed by atoms with E-state index in [2.05, 4.69) is 4.90 Å². The van der Waals surface area contributed by atoms with Crippen molar-refractivity contribution >= 4 is 29.3 Å². The van der Waals surface area contributed by atoms with Crippen molar-refractivity contribution < 1.29 is 4.79 Å². The highest BCUT2D eigenvalue weighted by molar-refractivity contribution is 8.00. The molecule has 2 saturated heterocycles. The summed E-state index contributed by atoms with van der Waals surface area (Å²) in [6, 6.07) is 8.29. The Bertz CT molecular complexity index is 465. The number of hydrogen-bond donors (Lipinski definition) is 0. The van der Waals surface area contributed by atoms with Gasteiger partial charge in [-0.2, -0.15) is 11.8 Å². The molecule has 3 rings (SSSR count). The van der Waals surface area contributed by atoms with Gasteiger partial charge >= 0.3 is 0 Å². The topological polar surface area (TPSA) is 20.3 Å². The molecule has 2 bridgehead atoms. The summed E-state index contributed by atoms with van der Waals surface area (Å²) in [5.74, 6) is 1.44. The first kappa shape index (κ1) is 12.4. The highest BCUT2D eigenvalue weighted by Crippen LogP contribution is 2.37. The largest absolute Gasteiger partial charge is 0.338 e. The number of carbonyl (C=O) groups is 1. The predicted octanol–water partition coefficient (Wildman–Crippen LogP) is 2.99. The van der Waals surface area contributed by atoms with Gasteiger partial charge in [0.25, 0.3) is 0 Å². The molecule has 1 aromatic rings. The summed E-state index contributed by atoms with van der Waals surface area (Å²) in [6.45, 7) is 0.962. The van der Waals surface area contributed by atoms with Crippen molar-refractivity contribution in [3.8, 4) is 0 Å². The molecule has 0 saturated carbocycles. The van der Waals surface area contributed by atoms with Crippen molar-refractivity contribution in [3.05, 3.63) is 34.9 Å². The minimum atomic E-state index is 0.308. The molecule has 2 nitrogen and oxygen atoms in total. The van der Waals surface area contributed by atoms with E-state index in [0.717, 1.165) is 29.3 Å². The van der Waals surface area contributed by atoms with E-state index in [1.165, 1.54) is 6.42 Å². The molecule has 2 aliphatic rings. The Morgan fingerprint density at radius 1 is 1.50 bits per heavy atom. The van der Waals surface area contributed by atoms with Gasteiger partial charge in [0.05, 0.1) is 0 Å². The lowest BCUT2D eigenvalue weighted by atomic mass is 10.1. The highest BCUT2D eigenvalue weighted by Gasteiger charge is 2.40.